The van der Waals surface area contributed by atoms with E-state index < -0.39 is 0 Å². The van der Waals surface area contributed by atoms with Crippen LogP contribution < -0.4 is 4.74 Å². The summed E-state index contributed by atoms with van der Waals surface area (Å²) < 4.78 is 6.02. The molecule has 0 unspecified atom stereocenters. The number of rotatable bonds is 3. The van der Waals surface area contributed by atoms with Gasteiger partial charge < -0.3 is 4.74 Å². The van der Waals surface area contributed by atoms with E-state index in [0.717, 1.165) is 0 Å². The van der Waals surface area contributed by atoms with E-state index in [2.05, 4.69) is 15.9 Å². The molecule has 0 aliphatic heterocycles. The van der Waals surface area contributed by atoms with E-state index in [1.54, 1.807) is 12.1 Å². The predicted molar refractivity (Wildman–Crippen MR) is 60.3 cm³/mol. The number of carbonyl (C=O) groups excluding carboxylic acids is 1. The summed E-state index contributed by atoms with van der Waals surface area (Å²) in [6.07, 6.45) is 0. The summed E-state index contributed by atoms with van der Waals surface area (Å²) >= 11 is 9.26. The molecule has 0 N–H and O–H groups in total. The Bertz CT molecular complexity index is 340. The molecule has 0 saturated heterocycles. The van der Waals surface area contributed by atoms with Crippen molar-refractivity contribution in [3.63, 3.8) is 0 Å². The van der Waals surface area contributed by atoms with Gasteiger partial charge in [-0.05, 0) is 41.9 Å². The lowest BCUT2D eigenvalue weighted by Gasteiger charge is -2.09. The van der Waals surface area contributed by atoms with Crippen molar-refractivity contribution >= 4 is 33.3 Å². The fraction of sp³-hybridized carbons (Fsp3) is 0.300. The molecule has 0 saturated carbocycles. The van der Waals surface area contributed by atoms with Crippen molar-refractivity contribution in [2.45, 2.75) is 13.8 Å². The van der Waals surface area contributed by atoms with Crippen LogP contribution in [0.5, 0.6) is 5.75 Å². The van der Waals surface area contributed by atoms with Gasteiger partial charge in [0.1, 0.15) is 0 Å². The van der Waals surface area contributed by atoms with Crippen LogP contribution in [0, 0.1) is 0 Å². The first-order chi connectivity index (χ1) is 6.56. The van der Waals surface area contributed by atoms with Crippen molar-refractivity contribution < 1.29 is 9.53 Å². The molecule has 4 heteroatoms. The van der Waals surface area contributed by atoms with Gasteiger partial charge in [0, 0.05) is 5.56 Å². The van der Waals surface area contributed by atoms with Crippen LogP contribution in [0.1, 0.15) is 24.2 Å². The Kier molecular flexibility index (Phi) is 3.96. The summed E-state index contributed by atoms with van der Waals surface area (Å²) in [4.78, 5) is 11.1. The summed E-state index contributed by atoms with van der Waals surface area (Å²) in [6, 6.07) is 3.32. The molecule has 0 amide bonds. The fourth-order valence-electron chi connectivity index (χ4n) is 1.05. The summed E-state index contributed by atoms with van der Waals surface area (Å²) in [5.41, 5.74) is 0.574. The summed E-state index contributed by atoms with van der Waals surface area (Å²) in [5, 5.41) is 0.450. The van der Waals surface area contributed by atoms with Gasteiger partial charge in [0.05, 0.1) is 16.1 Å². The normalized spacial score (nSPS) is 10.0. The number of carbonyl (C=O) groups is 1. The zero-order chi connectivity index (χ0) is 10.7. The number of ketones is 1. The van der Waals surface area contributed by atoms with E-state index in [4.69, 9.17) is 16.3 Å². The second-order valence-electron chi connectivity index (χ2n) is 2.76. The minimum Gasteiger partial charge on any atom is -0.491 e. The Labute approximate surface area is 96.3 Å². The van der Waals surface area contributed by atoms with Crippen LogP contribution in [-0.4, -0.2) is 12.4 Å². The van der Waals surface area contributed by atoms with E-state index in [-0.39, 0.29) is 5.78 Å². The van der Waals surface area contributed by atoms with Gasteiger partial charge in [-0.2, -0.15) is 0 Å². The third-order valence-electron chi connectivity index (χ3n) is 1.69. The molecule has 0 atom stereocenters. The van der Waals surface area contributed by atoms with E-state index >= 15 is 0 Å². The van der Waals surface area contributed by atoms with Crippen LogP contribution >= 0.6 is 27.5 Å². The Morgan fingerprint density at radius 3 is 2.64 bits per heavy atom. The molecule has 0 spiro atoms. The fourth-order valence-corrected chi connectivity index (χ4v) is 2.01. The maximum Gasteiger partial charge on any atom is 0.159 e. The molecule has 0 aliphatic carbocycles. The Morgan fingerprint density at radius 2 is 2.21 bits per heavy atom. The van der Waals surface area contributed by atoms with E-state index in [9.17, 15) is 4.79 Å². The maximum atomic E-state index is 11.1. The van der Waals surface area contributed by atoms with Gasteiger partial charge in [0.25, 0.3) is 0 Å². The van der Waals surface area contributed by atoms with E-state index in [1.165, 1.54) is 6.92 Å². The lowest BCUT2D eigenvalue weighted by molar-refractivity contribution is 0.101. The van der Waals surface area contributed by atoms with Gasteiger partial charge in [0.15, 0.2) is 11.5 Å². The molecule has 1 aromatic rings. The molecule has 0 radical (unpaired) electrons. The lowest BCUT2D eigenvalue weighted by atomic mass is 10.1. The summed E-state index contributed by atoms with van der Waals surface area (Å²) in [6.45, 7) is 3.91. The second-order valence-corrected chi connectivity index (χ2v) is 4.02. The molecule has 0 aromatic heterocycles. The van der Waals surface area contributed by atoms with Crippen molar-refractivity contribution in [1.82, 2.24) is 0 Å². The number of benzene rings is 1. The molecule has 1 rings (SSSR count). The molecule has 0 fully saturated rings. The number of halogens is 2. The highest BCUT2D eigenvalue weighted by molar-refractivity contribution is 9.10. The largest absolute Gasteiger partial charge is 0.491 e. The molecule has 0 heterocycles. The standard InChI is InChI=1S/C10H10BrClO2/c1-3-14-10-8(11)4-7(6(2)13)5-9(10)12/h4-5H,3H2,1-2H3. The number of hydrogen-bond acceptors (Lipinski definition) is 2. The summed E-state index contributed by atoms with van der Waals surface area (Å²) in [5.74, 6) is 0.565. The molecule has 0 bridgehead atoms. The monoisotopic (exact) mass is 276 g/mol. The second kappa shape index (κ2) is 4.80. The van der Waals surface area contributed by atoms with Crippen LogP contribution in [0.4, 0.5) is 0 Å². The first-order valence-electron chi connectivity index (χ1n) is 4.19. The minimum atomic E-state index is -0.0179. The molecule has 2 nitrogen and oxygen atoms in total. The Balaban J connectivity index is 3.18. The molecule has 0 aliphatic rings. The Morgan fingerprint density at radius 1 is 1.57 bits per heavy atom. The average molecular weight is 278 g/mol. The third-order valence-corrected chi connectivity index (χ3v) is 2.56. The van der Waals surface area contributed by atoms with Crippen molar-refractivity contribution in [2.24, 2.45) is 0 Å². The molecular formula is C10H10BrClO2. The zero-order valence-electron chi connectivity index (χ0n) is 7.93. The van der Waals surface area contributed by atoms with E-state index in [0.29, 0.717) is 27.4 Å². The van der Waals surface area contributed by atoms with Crippen LogP contribution in [0.2, 0.25) is 5.02 Å². The van der Waals surface area contributed by atoms with Crippen molar-refractivity contribution in [2.75, 3.05) is 6.61 Å². The highest BCUT2D eigenvalue weighted by atomic mass is 79.9. The first kappa shape index (κ1) is 11.5. The van der Waals surface area contributed by atoms with Gasteiger partial charge >= 0.3 is 0 Å². The SMILES string of the molecule is CCOc1c(Cl)cc(C(C)=O)cc1Br. The van der Waals surface area contributed by atoms with Gasteiger partial charge in [-0.25, -0.2) is 0 Å². The van der Waals surface area contributed by atoms with Gasteiger partial charge in [0.2, 0.25) is 0 Å². The van der Waals surface area contributed by atoms with Gasteiger partial charge in [-0.15, -0.1) is 0 Å². The maximum absolute atomic E-state index is 11.1. The van der Waals surface area contributed by atoms with Gasteiger partial charge in [-0.1, -0.05) is 11.6 Å². The smallest absolute Gasteiger partial charge is 0.159 e. The zero-order valence-corrected chi connectivity index (χ0v) is 10.3. The number of hydrogen-bond donors (Lipinski definition) is 0. The molecule has 76 valence electrons. The lowest BCUT2D eigenvalue weighted by Crippen LogP contribution is -1.97. The first-order valence-corrected chi connectivity index (χ1v) is 5.36. The van der Waals surface area contributed by atoms with Crippen LogP contribution in [0.3, 0.4) is 0 Å². The van der Waals surface area contributed by atoms with E-state index in [1.807, 2.05) is 6.92 Å². The van der Waals surface area contributed by atoms with Crippen LogP contribution in [0.15, 0.2) is 16.6 Å². The number of ether oxygens (including phenoxy) is 1. The molecule has 14 heavy (non-hydrogen) atoms. The average Bonchev–Trinajstić information content (AvgIpc) is 2.10. The topological polar surface area (TPSA) is 26.3 Å². The van der Waals surface area contributed by atoms with Crippen molar-refractivity contribution in [3.8, 4) is 5.75 Å². The number of Topliss-reactive ketones (excluding diaryl/α,β-unsaturated/α-hetero) is 1. The quantitative estimate of drug-likeness (QED) is 0.787. The highest BCUT2D eigenvalue weighted by Crippen LogP contribution is 2.34. The summed E-state index contributed by atoms with van der Waals surface area (Å²) in [7, 11) is 0. The predicted octanol–water partition coefficient (Wildman–Crippen LogP) is 3.70. The molecular weight excluding hydrogens is 267 g/mol. The Hall–Kier alpha value is -0.540. The molecule has 1 aromatic carbocycles. The van der Waals surface area contributed by atoms with Gasteiger partial charge in [-0.3, -0.25) is 4.79 Å². The van der Waals surface area contributed by atoms with Crippen molar-refractivity contribution in [3.05, 3.63) is 27.2 Å². The van der Waals surface area contributed by atoms with Crippen molar-refractivity contribution in [1.29, 1.82) is 0 Å². The third kappa shape index (κ3) is 2.49. The van der Waals surface area contributed by atoms with Crippen LogP contribution in [-0.2, 0) is 0 Å². The minimum absolute atomic E-state index is 0.0179. The van der Waals surface area contributed by atoms with Crippen LogP contribution in [0.25, 0.3) is 0 Å². The highest BCUT2D eigenvalue weighted by Gasteiger charge is 2.10.